The molecule has 2 aromatic heterocycles. The lowest BCUT2D eigenvalue weighted by molar-refractivity contribution is -0.384. The number of anilines is 2. The zero-order valence-electron chi connectivity index (χ0n) is 37.3. The molecule has 13 heteroatoms. The Morgan fingerprint density at radius 1 is 0.985 bits per heavy atom. The van der Waals surface area contributed by atoms with Crippen LogP contribution in [-0.4, -0.2) is 69.4 Å². The number of fused-ring (bicyclic) bond motifs is 2. The number of ether oxygens (including phenoxy) is 1. The van der Waals surface area contributed by atoms with Gasteiger partial charge < -0.3 is 20.4 Å². The molecule has 4 aromatic carbocycles. The van der Waals surface area contributed by atoms with E-state index in [-0.39, 0.29) is 17.3 Å². The van der Waals surface area contributed by atoms with Gasteiger partial charge in [0.15, 0.2) is 0 Å². The van der Waals surface area contributed by atoms with Crippen LogP contribution < -0.4 is 20.1 Å². The SMILES string of the molecule is CC(C)c1ccccc1C1CN(Cc2cccc3c2CCCC3)CCN1C1CC2(CCN(c3ccc(C(=O)NSc4ccc(N)c([N+](=O)[O-])c4)c(Oc4cnc5[nH]ccc5c4)c3)CC2)C1. The summed E-state index contributed by atoms with van der Waals surface area (Å²) < 4.78 is 9.31. The largest absolute Gasteiger partial charge is 0.455 e. The van der Waals surface area contributed by atoms with Gasteiger partial charge in [-0.2, -0.15) is 0 Å². The lowest BCUT2D eigenvalue weighted by Gasteiger charge is -2.58. The van der Waals surface area contributed by atoms with Gasteiger partial charge in [-0.3, -0.25) is 29.4 Å². The molecule has 4 aliphatic rings. The second kappa shape index (κ2) is 18.2. The van der Waals surface area contributed by atoms with Crippen LogP contribution in [0.1, 0.15) is 103 Å². The normalized spacial score (nSPS) is 19.0. The highest BCUT2D eigenvalue weighted by molar-refractivity contribution is 7.98. The average molecular weight is 891 g/mol. The van der Waals surface area contributed by atoms with Crippen LogP contribution >= 0.6 is 11.9 Å². The minimum Gasteiger partial charge on any atom is -0.455 e. The third-order valence-corrected chi connectivity index (χ3v) is 15.4. The molecule has 2 aliphatic carbocycles. The molecule has 1 saturated carbocycles. The predicted octanol–water partition coefficient (Wildman–Crippen LogP) is 10.6. The van der Waals surface area contributed by atoms with E-state index in [0.717, 1.165) is 80.8 Å². The standard InChI is InChI=1S/C52H58N8O4S/c1-34(2)42-11-5-6-13-44(42)48-33-57(32-37-10-7-9-35-8-3-4-12-43(35)37)24-25-59(48)39-29-52(30-39)19-22-58(23-20-52)38-14-16-45(49(27-38)64-40-26-36-18-21-54-50(36)55-31-40)51(61)56-65-41-15-17-46(53)47(28-41)60(62)63/h5-7,9-11,13-18,21,26-28,31,34,39,48H,3-4,8,12,19-20,22-25,29-30,32-33,53H2,1-2H3,(H,54,55)(H,56,61). The molecule has 0 radical (unpaired) electrons. The summed E-state index contributed by atoms with van der Waals surface area (Å²) in [6.45, 7) is 10.8. The van der Waals surface area contributed by atoms with E-state index in [2.05, 4.69) is 85.7 Å². The number of nitro benzene ring substituents is 1. The van der Waals surface area contributed by atoms with Crippen LogP contribution in [0.25, 0.3) is 11.0 Å². The van der Waals surface area contributed by atoms with Gasteiger partial charge in [0.25, 0.3) is 11.6 Å². The van der Waals surface area contributed by atoms with E-state index in [1.54, 1.807) is 29.5 Å². The maximum atomic E-state index is 13.8. The van der Waals surface area contributed by atoms with Crippen molar-refractivity contribution in [3.05, 3.63) is 147 Å². The first kappa shape index (κ1) is 43.0. The van der Waals surface area contributed by atoms with E-state index in [9.17, 15) is 14.9 Å². The summed E-state index contributed by atoms with van der Waals surface area (Å²) in [4.78, 5) is 40.9. The fourth-order valence-corrected chi connectivity index (χ4v) is 11.7. The number of nitro groups is 1. The molecule has 6 aromatic rings. The minimum atomic E-state index is -0.532. The number of pyridine rings is 1. The molecule has 10 rings (SSSR count). The van der Waals surface area contributed by atoms with Crippen LogP contribution in [0.2, 0.25) is 0 Å². The molecule has 4 N–H and O–H groups in total. The van der Waals surface area contributed by atoms with Crippen LogP contribution in [0.3, 0.4) is 0 Å². The highest BCUT2D eigenvalue weighted by atomic mass is 32.2. The number of benzene rings is 4. The number of piperidine rings is 1. The monoisotopic (exact) mass is 890 g/mol. The number of carbonyl (C=O) groups excluding carboxylic acids is 1. The third-order valence-electron chi connectivity index (χ3n) is 14.6. The van der Waals surface area contributed by atoms with E-state index < -0.39 is 4.92 Å². The summed E-state index contributed by atoms with van der Waals surface area (Å²) in [6.07, 6.45) is 13.2. The molecular weight excluding hydrogens is 833 g/mol. The van der Waals surface area contributed by atoms with Crippen LogP contribution in [0.5, 0.6) is 11.5 Å². The predicted molar refractivity (Wildman–Crippen MR) is 259 cm³/mol. The molecule has 1 amide bonds. The van der Waals surface area contributed by atoms with E-state index in [4.69, 9.17) is 10.5 Å². The molecule has 65 heavy (non-hydrogen) atoms. The van der Waals surface area contributed by atoms with Crippen molar-refractivity contribution >= 4 is 46.0 Å². The van der Waals surface area contributed by atoms with Crippen LogP contribution in [0.4, 0.5) is 17.1 Å². The van der Waals surface area contributed by atoms with Crippen molar-refractivity contribution in [1.82, 2.24) is 24.5 Å². The summed E-state index contributed by atoms with van der Waals surface area (Å²) in [7, 11) is 0. The number of nitrogens with two attached hydrogens (primary N) is 1. The Labute approximate surface area is 385 Å². The van der Waals surface area contributed by atoms with Gasteiger partial charge in [0.2, 0.25) is 0 Å². The van der Waals surface area contributed by atoms with Crippen molar-refractivity contribution in [3.8, 4) is 11.5 Å². The Morgan fingerprint density at radius 2 is 1.82 bits per heavy atom. The highest BCUT2D eigenvalue weighted by Gasteiger charge is 2.50. The van der Waals surface area contributed by atoms with Crippen molar-refractivity contribution in [2.24, 2.45) is 5.41 Å². The van der Waals surface area contributed by atoms with Crippen molar-refractivity contribution in [1.29, 1.82) is 0 Å². The number of aryl methyl sites for hydroxylation is 1. The second-order valence-electron chi connectivity index (χ2n) is 19.0. The summed E-state index contributed by atoms with van der Waals surface area (Å²) in [6, 6.07) is 31.2. The van der Waals surface area contributed by atoms with E-state index in [1.165, 1.54) is 67.3 Å². The van der Waals surface area contributed by atoms with Crippen molar-refractivity contribution in [2.45, 2.75) is 94.7 Å². The summed E-state index contributed by atoms with van der Waals surface area (Å²) >= 11 is 0.990. The van der Waals surface area contributed by atoms with E-state index in [0.29, 0.717) is 45.4 Å². The molecular formula is C52H58N8O4S. The van der Waals surface area contributed by atoms with Gasteiger partial charge in [0.05, 0.1) is 16.7 Å². The lowest BCUT2D eigenvalue weighted by Crippen LogP contribution is -2.60. The van der Waals surface area contributed by atoms with E-state index >= 15 is 0 Å². The summed E-state index contributed by atoms with van der Waals surface area (Å²) in [5, 5.41) is 12.4. The maximum Gasteiger partial charge on any atom is 0.293 e. The number of hydrogen-bond donors (Lipinski definition) is 3. The molecule has 3 fully saturated rings. The molecule has 1 unspecified atom stereocenters. The molecule has 2 aliphatic heterocycles. The number of nitrogen functional groups attached to an aromatic ring is 1. The quantitative estimate of drug-likeness (QED) is 0.0470. The number of carbonyl (C=O) groups is 1. The second-order valence-corrected chi connectivity index (χ2v) is 19.8. The minimum absolute atomic E-state index is 0.0630. The smallest absolute Gasteiger partial charge is 0.293 e. The molecule has 1 spiro atoms. The zero-order chi connectivity index (χ0) is 44.7. The molecule has 4 heterocycles. The fraction of sp³-hybridized carbons (Fsp3) is 0.385. The number of H-pyrrole nitrogens is 1. The van der Waals surface area contributed by atoms with Crippen LogP contribution in [0, 0.1) is 15.5 Å². The topological polar surface area (TPSA) is 146 Å². The van der Waals surface area contributed by atoms with Gasteiger partial charge in [-0.05, 0) is 139 Å². The van der Waals surface area contributed by atoms with Crippen LogP contribution in [-0.2, 0) is 19.4 Å². The van der Waals surface area contributed by atoms with Gasteiger partial charge in [-0.25, -0.2) is 4.98 Å². The zero-order valence-corrected chi connectivity index (χ0v) is 38.1. The Hall–Kier alpha value is -5.89. The molecule has 12 nitrogen and oxygen atoms in total. The number of nitrogens with one attached hydrogen (secondary N) is 2. The summed E-state index contributed by atoms with van der Waals surface area (Å²) in [5.74, 6) is 0.995. The van der Waals surface area contributed by atoms with Gasteiger partial charge in [0, 0.05) is 85.7 Å². The fourth-order valence-electron chi connectivity index (χ4n) is 11.1. The first-order valence-corrected chi connectivity index (χ1v) is 24.1. The number of hydrogen-bond acceptors (Lipinski definition) is 10. The number of rotatable bonds is 12. The number of nitrogens with zero attached hydrogens (tertiary/aromatic N) is 5. The Kier molecular flexibility index (Phi) is 12.0. The lowest BCUT2D eigenvalue weighted by atomic mass is 9.59. The van der Waals surface area contributed by atoms with Gasteiger partial charge in [-0.1, -0.05) is 56.3 Å². The Morgan fingerprint density at radius 3 is 2.65 bits per heavy atom. The molecule has 336 valence electrons. The molecule has 2 saturated heterocycles. The number of amides is 1. The Bertz CT molecular complexity index is 2720. The number of piperazine rings is 1. The number of aromatic nitrogens is 2. The van der Waals surface area contributed by atoms with Crippen molar-refractivity contribution < 1.29 is 14.5 Å². The molecule has 1 atom stereocenters. The first-order chi connectivity index (χ1) is 31.6. The Balaban J connectivity index is 0.833. The van der Waals surface area contributed by atoms with Crippen molar-refractivity contribution in [3.63, 3.8) is 0 Å². The highest BCUT2D eigenvalue weighted by Crippen LogP contribution is 2.53. The molecule has 0 bridgehead atoms. The van der Waals surface area contributed by atoms with Gasteiger partial charge in [-0.15, -0.1) is 0 Å². The van der Waals surface area contributed by atoms with Gasteiger partial charge in [0.1, 0.15) is 22.8 Å². The third kappa shape index (κ3) is 8.93. The van der Waals surface area contributed by atoms with Crippen LogP contribution in [0.15, 0.2) is 108 Å². The van der Waals surface area contributed by atoms with Gasteiger partial charge >= 0.3 is 0 Å². The maximum absolute atomic E-state index is 13.8. The first-order valence-electron chi connectivity index (χ1n) is 23.3. The number of aromatic amines is 1. The van der Waals surface area contributed by atoms with E-state index in [1.807, 2.05) is 30.5 Å². The average Bonchev–Trinajstić information content (AvgIpc) is 3.79. The summed E-state index contributed by atoms with van der Waals surface area (Å²) in [5.41, 5.74) is 15.8. The van der Waals surface area contributed by atoms with Crippen molar-refractivity contribution in [2.75, 3.05) is 43.4 Å².